The van der Waals surface area contributed by atoms with E-state index >= 15 is 0 Å². The molecule has 9 heteroatoms. The lowest BCUT2D eigenvalue weighted by Crippen LogP contribution is -2.45. The molecule has 0 atom stereocenters. The molecule has 3 aromatic heterocycles. The predicted octanol–water partition coefficient (Wildman–Crippen LogP) is 0.542. The van der Waals surface area contributed by atoms with Gasteiger partial charge in [0.1, 0.15) is 23.9 Å². The third-order valence-corrected chi connectivity index (χ3v) is 4.15. The topological polar surface area (TPSA) is 113 Å². The molecule has 0 radical (unpaired) electrons. The summed E-state index contributed by atoms with van der Waals surface area (Å²) in [6, 6.07) is 1.74. The molecule has 1 amide bonds. The number of H-pyrrole nitrogens is 1. The molecule has 122 valence electrons. The highest BCUT2D eigenvalue weighted by atomic mass is 16.1. The van der Waals surface area contributed by atoms with Crippen molar-refractivity contribution in [3.63, 3.8) is 0 Å². The largest absolute Gasteiger partial charge is 0.355 e. The Bertz CT molecular complexity index is 841. The first-order valence-corrected chi connectivity index (χ1v) is 7.77. The van der Waals surface area contributed by atoms with Crippen LogP contribution in [0, 0.1) is 0 Å². The number of hydrogen-bond donors (Lipinski definition) is 2. The number of aromatic nitrogens is 6. The molecule has 0 unspecified atom stereocenters. The number of rotatable bonds is 3. The van der Waals surface area contributed by atoms with Gasteiger partial charge in [0.15, 0.2) is 11.5 Å². The van der Waals surface area contributed by atoms with Gasteiger partial charge in [-0.25, -0.2) is 24.9 Å². The monoisotopic (exact) mass is 324 g/mol. The Kier molecular flexibility index (Phi) is 3.73. The Balaban J connectivity index is 1.40. The summed E-state index contributed by atoms with van der Waals surface area (Å²) < 4.78 is 0. The molecule has 0 spiro atoms. The third kappa shape index (κ3) is 2.75. The van der Waals surface area contributed by atoms with E-state index in [-0.39, 0.29) is 11.9 Å². The quantitative estimate of drug-likeness (QED) is 0.723. The van der Waals surface area contributed by atoms with Gasteiger partial charge < -0.3 is 15.2 Å². The van der Waals surface area contributed by atoms with Gasteiger partial charge in [-0.15, -0.1) is 0 Å². The van der Waals surface area contributed by atoms with Crippen LogP contribution in [0.1, 0.15) is 23.3 Å². The molecule has 1 aliphatic heterocycles. The van der Waals surface area contributed by atoms with Crippen molar-refractivity contribution < 1.29 is 4.79 Å². The van der Waals surface area contributed by atoms with Crippen LogP contribution in [0.4, 0.5) is 5.82 Å². The molecule has 9 nitrogen and oxygen atoms in total. The minimum Gasteiger partial charge on any atom is -0.355 e. The fourth-order valence-corrected chi connectivity index (χ4v) is 2.91. The molecular weight excluding hydrogens is 308 g/mol. The van der Waals surface area contributed by atoms with E-state index in [1.807, 2.05) is 0 Å². The van der Waals surface area contributed by atoms with Gasteiger partial charge in [-0.1, -0.05) is 0 Å². The van der Waals surface area contributed by atoms with Crippen LogP contribution in [-0.4, -0.2) is 54.9 Å². The van der Waals surface area contributed by atoms with Crippen molar-refractivity contribution in [1.29, 1.82) is 0 Å². The van der Waals surface area contributed by atoms with E-state index in [4.69, 9.17) is 0 Å². The number of amides is 1. The normalized spacial score (nSPS) is 15.6. The Morgan fingerprint density at radius 1 is 1.17 bits per heavy atom. The van der Waals surface area contributed by atoms with Crippen molar-refractivity contribution in [2.75, 3.05) is 18.0 Å². The highest BCUT2D eigenvalue weighted by Crippen LogP contribution is 2.23. The van der Waals surface area contributed by atoms with E-state index in [9.17, 15) is 4.79 Å². The average Bonchev–Trinajstić information content (AvgIpc) is 3.12. The van der Waals surface area contributed by atoms with Crippen LogP contribution in [0.25, 0.3) is 11.2 Å². The lowest BCUT2D eigenvalue weighted by molar-refractivity contribution is 0.0926. The van der Waals surface area contributed by atoms with Crippen LogP contribution in [0.2, 0.25) is 0 Å². The Morgan fingerprint density at radius 3 is 2.83 bits per heavy atom. The number of imidazole rings is 1. The molecule has 0 aromatic carbocycles. The number of nitrogens with one attached hydrogen (secondary N) is 2. The lowest BCUT2D eigenvalue weighted by Gasteiger charge is -2.33. The minimum absolute atomic E-state index is 0.128. The zero-order chi connectivity index (χ0) is 16.4. The van der Waals surface area contributed by atoms with E-state index in [1.54, 1.807) is 18.6 Å². The number of aromatic amines is 1. The summed E-state index contributed by atoms with van der Waals surface area (Å²) in [5, 5.41) is 3.03. The predicted molar refractivity (Wildman–Crippen MR) is 86.4 cm³/mol. The van der Waals surface area contributed by atoms with Crippen LogP contribution >= 0.6 is 0 Å². The number of hydrogen-bond acceptors (Lipinski definition) is 7. The van der Waals surface area contributed by atoms with Crippen molar-refractivity contribution in [3.05, 3.63) is 36.9 Å². The van der Waals surface area contributed by atoms with Crippen LogP contribution in [0.5, 0.6) is 0 Å². The first-order chi connectivity index (χ1) is 11.8. The smallest absolute Gasteiger partial charge is 0.270 e. The van der Waals surface area contributed by atoms with Crippen molar-refractivity contribution >= 4 is 22.9 Å². The van der Waals surface area contributed by atoms with Crippen molar-refractivity contribution in [3.8, 4) is 0 Å². The molecule has 0 aliphatic carbocycles. The summed E-state index contributed by atoms with van der Waals surface area (Å²) in [6.45, 7) is 1.61. The molecule has 24 heavy (non-hydrogen) atoms. The Hall–Kier alpha value is -3.10. The molecule has 1 fully saturated rings. The molecule has 1 aliphatic rings. The van der Waals surface area contributed by atoms with E-state index in [0.717, 1.165) is 37.3 Å². The number of nitrogens with zero attached hydrogens (tertiary/aromatic N) is 6. The van der Waals surface area contributed by atoms with Crippen molar-refractivity contribution in [2.45, 2.75) is 18.9 Å². The minimum atomic E-state index is -0.158. The van der Waals surface area contributed by atoms with Gasteiger partial charge in [-0.2, -0.15) is 0 Å². The molecule has 3 aromatic rings. The lowest BCUT2D eigenvalue weighted by atomic mass is 10.0. The summed E-state index contributed by atoms with van der Waals surface area (Å²) >= 11 is 0. The zero-order valence-corrected chi connectivity index (χ0v) is 12.9. The van der Waals surface area contributed by atoms with E-state index in [1.165, 1.54) is 12.7 Å². The van der Waals surface area contributed by atoms with Gasteiger partial charge >= 0.3 is 0 Å². The molecule has 0 saturated carbocycles. The summed E-state index contributed by atoms with van der Waals surface area (Å²) in [5.74, 6) is 0.701. The standard InChI is InChI=1S/C15H16N8O/c24-15(11-1-4-16-7-17-11)22-10-2-5-23(6-3-10)14-12-13(19-8-18-12)20-9-21-14/h1,4,7-10H,2-3,5-6H2,(H,22,24)(H,18,19,20,21). The molecular formula is C15H16N8O. The van der Waals surface area contributed by atoms with Crippen molar-refractivity contribution in [2.24, 2.45) is 0 Å². The Labute approximate surface area is 137 Å². The molecule has 4 rings (SSSR count). The average molecular weight is 324 g/mol. The summed E-state index contributed by atoms with van der Waals surface area (Å²) in [6.07, 6.45) is 7.78. The van der Waals surface area contributed by atoms with Gasteiger partial charge in [0.2, 0.25) is 0 Å². The second-order valence-corrected chi connectivity index (χ2v) is 5.63. The highest BCUT2D eigenvalue weighted by Gasteiger charge is 2.24. The first-order valence-electron chi connectivity index (χ1n) is 7.77. The summed E-state index contributed by atoms with van der Waals surface area (Å²) in [4.78, 5) is 37.9. The van der Waals surface area contributed by atoms with Crippen molar-refractivity contribution in [1.82, 2.24) is 35.2 Å². The van der Waals surface area contributed by atoms with Crippen LogP contribution in [-0.2, 0) is 0 Å². The van der Waals surface area contributed by atoms with Gasteiger partial charge in [-0.05, 0) is 18.9 Å². The van der Waals surface area contributed by atoms with Gasteiger partial charge in [0.25, 0.3) is 5.91 Å². The summed E-state index contributed by atoms with van der Waals surface area (Å²) in [5.41, 5.74) is 1.91. The highest BCUT2D eigenvalue weighted by molar-refractivity contribution is 5.92. The third-order valence-electron chi connectivity index (χ3n) is 4.15. The number of anilines is 1. The molecule has 2 N–H and O–H groups in total. The molecule has 0 bridgehead atoms. The number of fused-ring (bicyclic) bond motifs is 1. The number of carbonyl (C=O) groups is 1. The second kappa shape index (κ2) is 6.19. The number of piperidine rings is 1. The SMILES string of the molecule is O=C(NC1CCN(c2ncnc3nc[nH]c23)CC1)c1ccncn1. The number of carbonyl (C=O) groups excluding carboxylic acids is 1. The molecule has 4 heterocycles. The molecule has 1 saturated heterocycles. The van der Waals surface area contributed by atoms with Gasteiger partial charge in [-0.3, -0.25) is 4.79 Å². The summed E-state index contributed by atoms with van der Waals surface area (Å²) in [7, 11) is 0. The maximum Gasteiger partial charge on any atom is 0.270 e. The fraction of sp³-hybridized carbons (Fsp3) is 0.333. The van der Waals surface area contributed by atoms with E-state index in [2.05, 4.69) is 40.1 Å². The van der Waals surface area contributed by atoms with E-state index < -0.39 is 0 Å². The zero-order valence-electron chi connectivity index (χ0n) is 12.9. The van der Waals surface area contributed by atoms with Gasteiger partial charge in [0.05, 0.1) is 6.33 Å². The maximum atomic E-state index is 12.2. The van der Waals surface area contributed by atoms with Crippen LogP contribution in [0.15, 0.2) is 31.2 Å². The van der Waals surface area contributed by atoms with Crippen LogP contribution in [0.3, 0.4) is 0 Å². The first kappa shape index (κ1) is 14.5. The Morgan fingerprint density at radius 2 is 2.04 bits per heavy atom. The fourth-order valence-electron chi connectivity index (χ4n) is 2.91. The van der Waals surface area contributed by atoms with Gasteiger partial charge in [0, 0.05) is 25.3 Å². The van der Waals surface area contributed by atoms with E-state index in [0.29, 0.717) is 11.3 Å². The van der Waals surface area contributed by atoms with Crippen LogP contribution < -0.4 is 10.2 Å². The second-order valence-electron chi connectivity index (χ2n) is 5.63. The maximum absolute atomic E-state index is 12.2.